The fourth-order valence-corrected chi connectivity index (χ4v) is 3.55. The maximum Gasteiger partial charge on any atom is 0.344 e. The lowest BCUT2D eigenvalue weighted by molar-refractivity contribution is -0.147. The van der Waals surface area contributed by atoms with Crippen LogP contribution in [0, 0.1) is 5.92 Å². The Morgan fingerprint density at radius 1 is 1.13 bits per heavy atom. The van der Waals surface area contributed by atoms with Crippen molar-refractivity contribution in [1.29, 1.82) is 0 Å². The van der Waals surface area contributed by atoms with Crippen molar-refractivity contribution >= 4 is 19.6 Å². The van der Waals surface area contributed by atoms with Gasteiger partial charge in [0, 0.05) is 24.9 Å². The summed E-state index contributed by atoms with van der Waals surface area (Å²) in [6, 6.07) is 12.5. The first-order valence-electron chi connectivity index (χ1n) is 9.84. The molecule has 10 heteroatoms. The SMILES string of the molecule is CC(C)CN(CP(=O)(O)O)C(=O)N[C@@H](Cc1ccccn1)C(=O)OCc1ccccc1. The minimum atomic E-state index is -4.48. The smallest absolute Gasteiger partial charge is 0.344 e. The van der Waals surface area contributed by atoms with E-state index in [0.29, 0.717) is 5.69 Å². The van der Waals surface area contributed by atoms with E-state index in [1.54, 1.807) is 24.4 Å². The van der Waals surface area contributed by atoms with Crippen LogP contribution < -0.4 is 5.32 Å². The molecule has 9 nitrogen and oxygen atoms in total. The molecule has 168 valence electrons. The van der Waals surface area contributed by atoms with Crippen molar-refractivity contribution in [3.8, 4) is 0 Å². The van der Waals surface area contributed by atoms with Crippen molar-refractivity contribution in [3.63, 3.8) is 0 Å². The monoisotopic (exact) mass is 449 g/mol. The molecule has 0 fully saturated rings. The Bertz CT molecular complexity index is 889. The topological polar surface area (TPSA) is 129 Å². The number of carbonyl (C=O) groups excluding carboxylic acids is 2. The first kappa shape index (κ1) is 24.5. The van der Waals surface area contributed by atoms with Crippen molar-refractivity contribution in [1.82, 2.24) is 15.2 Å². The Morgan fingerprint density at radius 2 is 1.81 bits per heavy atom. The van der Waals surface area contributed by atoms with E-state index in [1.165, 1.54) is 0 Å². The van der Waals surface area contributed by atoms with Gasteiger partial charge < -0.3 is 24.7 Å². The van der Waals surface area contributed by atoms with E-state index in [0.717, 1.165) is 10.5 Å². The summed E-state index contributed by atoms with van der Waals surface area (Å²) in [5, 5.41) is 2.56. The van der Waals surface area contributed by atoms with Gasteiger partial charge in [0.1, 0.15) is 18.9 Å². The van der Waals surface area contributed by atoms with Gasteiger partial charge in [0.25, 0.3) is 0 Å². The normalized spacial score (nSPS) is 12.3. The first-order valence-corrected chi connectivity index (χ1v) is 11.6. The largest absolute Gasteiger partial charge is 0.459 e. The molecule has 0 aliphatic heterocycles. The van der Waals surface area contributed by atoms with Gasteiger partial charge in [-0.1, -0.05) is 50.2 Å². The van der Waals surface area contributed by atoms with Crippen LogP contribution in [-0.4, -0.2) is 50.5 Å². The number of ether oxygens (including phenoxy) is 1. The van der Waals surface area contributed by atoms with Gasteiger partial charge in [-0.05, 0) is 23.6 Å². The molecule has 0 spiro atoms. The second-order valence-electron chi connectivity index (χ2n) is 7.54. The van der Waals surface area contributed by atoms with Gasteiger partial charge >= 0.3 is 19.6 Å². The number of hydrogen-bond donors (Lipinski definition) is 3. The van der Waals surface area contributed by atoms with Crippen molar-refractivity contribution < 1.29 is 28.7 Å². The lowest BCUT2D eigenvalue weighted by Crippen LogP contribution is -2.50. The van der Waals surface area contributed by atoms with Crippen LogP contribution in [0.4, 0.5) is 4.79 Å². The average molecular weight is 449 g/mol. The van der Waals surface area contributed by atoms with Crippen LogP contribution in [0.25, 0.3) is 0 Å². The Balaban J connectivity index is 2.14. The molecule has 0 aliphatic carbocycles. The highest BCUT2D eigenvalue weighted by Gasteiger charge is 2.29. The number of pyridine rings is 1. The van der Waals surface area contributed by atoms with Crippen molar-refractivity contribution in [2.24, 2.45) is 5.92 Å². The van der Waals surface area contributed by atoms with Crippen LogP contribution in [0.5, 0.6) is 0 Å². The predicted octanol–water partition coefficient (Wildman–Crippen LogP) is 2.54. The molecule has 1 aromatic heterocycles. The highest BCUT2D eigenvalue weighted by molar-refractivity contribution is 7.51. The van der Waals surface area contributed by atoms with Crippen LogP contribution in [0.15, 0.2) is 54.7 Å². The van der Waals surface area contributed by atoms with Gasteiger partial charge in [-0.3, -0.25) is 9.55 Å². The minimum absolute atomic E-state index is 0.0310. The molecule has 0 unspecified atom stereocenters. The summed E-state index contributed by atoms with van der Waals surface area (Å²) in [7, 11) is -4.48. The summed E-state index contributed by atoms with van der Waals surface area (Å²) >= 11 is 0. The second kappa shape index (κ2) is 11.6. The fraction of sp³-hybridized carbons (Fsp3) is 0.381. The molecular formula is C21H28N3O6P. The molecule has 0 aliphatic rings. The molecule has 1 aromatic carbocycles. The molecule has 3 N–H and O–H groups in total. The highest BCUT2D eigenvalue weighted by atomic mass is 31.2. The van der Waals surface area contributed by atoms with Gasteiger partial charge in [-0.15, -0.1) is 0 Å². The Labute approximate surface area is 181 Å². The lowest BCUT2D eigenvalue weighted by atomic mass is 10.1. The number of rotatable bonds is 10. The summed E-state index contributed by atoms with van der Waals surface area (Å²) in [6.45, 7) is 3.79. The number of nitrogens with zero attached hydrogens (tertiary/aromatic N) is 2. The Morgan fingerprint density at radius 3 is 2.39 bits per heavy atom. The molecule has 2 aromatic rings. The van der Waals surface area contributed by atoms with Crippen molar-refractivity contribution in [2.45, 2.75) is 32.9 Å². The van der Waals surface area contributed by atoms with Gasteiger partial charge in [0.05, 0.1) is 0 Å². The zero-order valence-electron chi connectivity index (χ0n) is 17.5. The Hall–Kier alpha value is -2.74. The zero-order valence-corrected chi connectivity index (χ0v) is 18.4. The summed E-state index contributed by atoms with van der Waals surface area (Å²) in [6.07, 6.45) is 0.903. The van der Waals surface area contributed by atoms with Crippen LogP contribution in [0.2, 0.25) is 0 Å². The van der Waals surface area contributed by atoms with Gasteiger partial charge in [0.15, 0.2) is 0 Å². The van der Waals surface area contributed by atoms with Gasteiger partial charge in [-0.25, -0.2) is 9.59 Å². The molecule has 2 rings (SSSR count). The molecule has 2 amide bonds. The van der Waals surface area contributed by atoms with E-state index >= 15 is 0 Å². The quantitative estimate of drug-likeness (QED) is 0.375. The van der Waals surface area contributed by atoms with Gasteiger partial charge in [-0.2, -0.15) is 0 Å². The summed E-state index contributed by atoms with van der Waals surface area (Å²) in [5.41, 5.74) is 1.36. The molecule has 0 saturated heterocycles. The molecule has 0 bridgehead atoms. The van der Waals surface area contributed by atoms with E-state index in [2.05, 4.69) is 10.3 Å². The zero-order chi connectivity index (χ0) is 22.9. The first-order chi connectivity index (χ1) is 14.6. The number of urea groups is 1. The third kappa shape index (κ3) is 9.29. The molecular weight excluding hydrogens is 421 g/mol. The van der Waals surface area contributed by atoms with Crippen molar-refractivity contribution in [3.05, 3.63) is 66.0 Å². The third-order valence-corrected chi connectivity index (χ3v) is 4.88. The number of amides is 2. The van der Waals surface area contributed by atoms with Crippen LogP contribution in [0.1, 0.15) is 25.1 Å². The molecule has 0 radical (unpaired) electrons. The second-order valence-corrected chi connectivity index (χ2v) is 9.16. The van der Waals surface area contributed by atoms with Crippen LogP contribution >= 0.6 is 7.60 Å². The van der Waals surface area contributed by atoms with E-state index in [-0.39, 0.29) is 25.5 Å². The number of nitrogens with one attached hydrogen (secondary N) is 1. The standard InChI is InChI=1S/C21H28N3O6P/c1-16(2)13-24(15-31(27,28)29)21(26)23-19(12-18-10-6-7-11-22-18)20(25)30-14-17-8-4-3-5-9-17/h3-11,16,19H,12-15H2,1-2H3,(H,23,26)(H2,27,28,29)/t19-/m0/s1. The van der Waals surface area contributed by atoms with Gasteiger partial charge in [0.2, 0.25) is 0 Å². The van der Waals surface area contributed by atoms with E-state index < -0.39 is 31.9 Å². The predicted molar refractivity (Wildman–Crippen MR) is 115 cm³/mol. The van der Waals surface area contributed by atoms with Crippen LogP contribution in [-0.2, 0) is 27.1 Å². The maximum atomic E-state index is 12.8. The highest BCUT2D eigenvalue weighted by Crippen LogP contribution is 2.35. The number of hydrogen-bond acceptors (Lipinski definition) is 5. The fourth-order valence-electron chi connectivity index (χ4n) is 2.86. The Kier molecular flexibility index (Phi) is 9.18. The molecule has 1 atom stereocenters. The van der Waals surface area contributed by atoms with E-state index in [1.807, 2.05) is 44.2 Å². The average Bonchev–Trinajstić information content (AvgIpc) is 2.71. The molecule has 1 heterocycles. The number of esters is 1. The summed E-state index contributed by atoms with van der Waals surface area (Å²) in [5.74, 6) is -0.694. The van der Waals surface area contributed by atoms with Crippen molar-refractivity contribution in [2.75, 3.05) is 12.8 Å². The number of aromatic nitrogens is 1. The lowest BCUT2D eigenvalue weighted by Gasteiger charge is -2.27. The minimum Gasteiger partial charge on any atom is -0.459 e. The summed E-state index contributed by atoms with van der Waals surface area (Å²) in [4.78, 5) is 49.4. The third-order valence-electron chi connectivity index (χ3n) is 4.17. The van der Waals surface area contributed by atoms with E-state index in [4.69, 9.17) is 4.74 Å². The number of carbonyl (C=O) groups is 2. The van der Waals surface area contributed by atoms with E-state index in [9.17, 15) is 23.9 Å². The molecule has 31 heavy (non-hydrogen) atoms. The summed E-state index contributed by atoms with van der Waals surface area (Å²) < 4.78 is 16.8. The maximum absolute atomic E-state index is 12.8. The molecule has 0 saturated carbocycles. The van der Waals surface area contributed by atoms with Crippen LogP contribution in [0.3, 0.4) is 0 Å². The number of benzene rings is 1.